The van der Waals surface area contributed by atoms with Gasteiger partial charge >= 0.3 is 41.8 Å². The SMILES string of the molecule is CCCC(=O)OCCCCOC(=O)CCN(CCCOC(=O)CCC(C)[C@H]1CCC2C3CC[C@@H]4CC(O)CC[C@]4(C)[C@@H]3C[C@@H](O)[C@@]21C)CCC(=O)OCCCCOC(=O)CCN(C)CCCOC(=O)CCC(=O)OCCOC. The van der Waals surface area contributed by atoms with Crippen molar-refractivity contribution in [2.75, 3.05) is 99.7 Å². The van der Waals surface area contributed by atoms with Crippen molar-refractivity contribution in [2.24, 2.45) is 46.3 Å². The van der Waals surface area contributed by atoms with E-state index in [4.69, 9.17) is 37.9 Å². The summed E-state index contributed by atoms with van der Waals surface area (Å²) < 4.78 is 42.0. The molecule has 0 amide bonds. The van der Waals surface area contributed by atoms with E-state index in [1.165, 1.54) is 20.0 Å². The summed E-state index contributed by atoms with van der Waals surface area (Å²) in [6.45, 7) is 12.8. The molecule has 0 aromatic carbocycles. The van der Waals surface area contributed by atoms with Crippen molar-refractivity contribution < 1.29 is 81.7 Å². The lowest BCUT2D eigenvalue weighted by atomic mass is 9.43. The van der Waals surface area contributed by atoms with Crippen LogP contribution >= 0.6 is 0 Å². The first-order valence-electron chi connectivity index (χ1n) is 29.8. The highest BCUT2D eigenvalue weighted by Crippen LogP contribution is 2.68. The maximum absolute atomic E-state index is 13.1. The maximum Gasteiger partial charge on any atom is 0.307 e. The van der Waals surface area contributed by atoms with Crippen LogP contribution in [-0.4, -0.2) is 174 Å². The van der Waals surface area contributed by atoms with Crippen LogP contribution in [0, 0.1) is 46.3 Å². The molecule has 0 aromatic rings. The number of carbonyl (C=O) groups is 7. The molecule has 0 spiro atoms. The lowest BCUT2D eigenvalue weighted by Gasteiger charge is -2.62. The number of aliphatic hydroxyl groups excluding tert-OH is 2. The van der Waals surface area contributed by atoms with Gasteiger partial charge in [-0.2, -0.15) is 0 Å². The number of fused-ring (bicyclic) bond motifs is 5. The van der Waals surface area contributed by atoms with E-state index < -0.39 is 17.9 Å². The number of carbonyl (C=O) groups excluding carboxylic acids is 7. The van der Waals surface area contributed by atoms with Crippen LogP contribution in [0.25, 0.3) is 0 Å². The highest BCUT2D eigenvalue weighted by molar-refractivity contribution is 5.77. The quantitative estimate of drug-likeness (QED) is 0.0352. The molecule has 4 aliphatic rings. The zero-order valence-electron chi connectivity index (χ0n) is 48.5. The molecule has 19 heteroatoms. The number of esters is 7. The Hall–Kier alpha value is -3.91. The first kappa shape index (κ1) is 66.6. The molecule has 0 bridgehead atoms. The molecule has 10 atom stereocenters. The summed E-state index contributed by atoms with van der Waals surface area (Å²) in [5.41, 5.74) is 0.00893. The normalized spacial score (nSPS) is 25.7. The van der Waals surface area contributed by atoms with Crippen molar-refractivity contribution in [3.8, 4) is 0 Å². The Morgan fingerprint density at radius 1 is 0.526 bits per heavy atom. The van der Waals surface area contributed by atoms with Crippen LogP contribution < -0.4 is 0 Å². The number of hydrogen-bond acceptors (Lipinski definition) is 19. The average molecular weight is 1110 g/mol. The number of nitrogens with zero attached hydrogens (tertiary/aromatic N) is 2. The van der Waals surface area contributed by atoms with Gasteiger partial charge in [0.2, 0.25) is 0 Å². The van der Waals surface area contributed by atoms with Gasteiger partial charge in [0.1, 0.15) is 6.61 Å². The van der Waals surface area contributed by atoms with Crippen LogP contribution in [0.5, 0.6) is 0 Å². The second kappa shape index (κ2) is 35.7. The first-order chi connectivity index (χ1) is 37.4. The van der Waals surface area contributed by atoms with Gasteiger partial charge < -0.3 is 57.9 Å². The lowest BCUT2D eigenvalue weighted by molar-refractivity contribution is -0.175. The van der Waals surface area contributed by atoms with E-state index >= 15 is 0 Å². The van der Waals surface area contributed by atoms with Crippen LogP contribution in [0.1, 0.15) is 175 Å². The first-order valence-corrected chi connectivity index (χ1v) is 29.8. The Morgan fingerprint density at radius 3 is 1.56 bits per heavy atom. The van der Waals surface area contributed by atoms with E-state index in [1.807, 2.05) is 23.8 Å². The standard InChI is InChI=1S/C59H100N2O17/c1-7-14-51(64)72-33-8-9-35-74-56(69)25-31-61(32-26-57(70)75-36-11-10-34-73-55(68)24-30-60(5)28-12-37-76-53(66)21-22-54(67)78-40-39-71-6)29-13-38-77-52(65)20-15-43(2)47-18-19-48-46-17-16-44-41-45(62)23-27-58(44,3)49(46)42-50(63)59(47,48)4/h43-50,62-63H,7-42H2,1-6H3/t43?,44-,45?,46?,47-,48?,49-,50-,58+,59-/m1/s1. The minimum Gasteiger partial charge on any atom is -0.466 e. The van der Waals surface area contributed by atoms with Crippen LogP contribution in [0.3, 0.4) is 0 Å². The van der Waals surface area contributed by atoms with E-state index in [0.29, 0.717) is 120 Å². The highest BCUT2D eigenvalue weighted by Gasteiger charge is 2.63. The zero-order valence-corrected chi connectivity index (χ0v) is 48.5. The number of ether oxygens (including phenoxy) is 8. The van der Waals surface area contributed by atoms with E-state index in [-0.39, 0.29) is 138 Å². The molecular weight excluding hydrogens is 1010 g/mol. The Morgan fingerprint density at radius 2 is 1.01 bits per heavy atom. The molecular formula is C59H100N2O17. The number of unbranched alkanes of at least 4 members (excludes halogenated alkanes) is 2. The van der Waals surface area contributed by atoms with E-state index in [0.717, 1.165) is 44.9 Å². The number of aliphatic hydroxyl groups is 2. The molecule has 4 unspecified atom stereocenters. The summed E-state index contributed by atoms with van der Waals surface area (Å²) in [5, 5.41) is 22.4. The molecule has 0 aliphatic heterocycles. The molecule has 0 saturated heterocycles. The predicted octanol–water partition coefficient (Wildman–Crippen LogP) is 7.17. The zero-order chi connectivity index (χ0) is 56.9. The molecule has 0 heterocycles. The molecule has 2 N–H and O–H groups in total. The van der Waals surface area contributed by atoms with Gasteiger partial charge in [-0.15, -0.1) is 0 Å². The van der Waals surface area contributed by atoms with Gasteiger partial charge in [0.15, 0.2) is 0 Å². The van der Waals surface area contributed by atoms with Gasteiger partial charge in [-0.3, -0.25) is 33.6 Å². The van der Waals surface area contributed by atoms with Crippen LogP contribution in [0.15, 0.2) is 0 Å². The van der Waals surface area contributed by atoms with Crippen molar-refractivity contribution >= 4 is 41.8 Å². The molecule has 78 heavy (non-hydrogen) atoms. The fourth-order valence-electron chi connectivity index (χ4n) is 13.2. The third-order valence-electron chi connectivity index (χ3n) is 17.8. The van der Waals surface area contributed by atoms with Gasteiger partial charge in [-0.25, -0.2) is 0 Å². The van der Waals surface area contributed by atoms with Crippen molar-refractivity contribution in [1.82, 2.24) is 9.80 Å². The Labute approximate surface area is 465 Å². The lowest BCUT2D eigenvalue weighted by Crippen LogP contribution is -2.58. The average Bonchev–Trinajstić information content (AvgIpc) is 4.01. The fraction of sp³-hybridized carbons (Fsp3) is 0.881. The summed E-state index contributed by atoms with van der Waals surface area (Å²) in [6, 6.07) is 0. The van der Waals surface area contributed by atoms with E-state index in [9.17, 15) is 43.8 Å². The van der Waals surface area contributed by atoms with Gasteiger partial charge in [0.25, 0.3) is 0 Å². The summed E-state index contributed by atoms with van der Waals surface area (Å²) >= 11 is 0. The highest BCUT2D eigenvalue weighted by atomic mass is 16.6. The Kier molecular flexibility index (Phi) is 30.5. The minimum atomic E-state index is -0.485. The van der Waals surface area contributed by atoms with Crippen LogP contribution in [0.2, 0.25) is 0 Å². The molecule has 4 aliphatic carbocycles. The Balaban J connectivity index is 1.11. The third-order valence-corrected chi connectivity index (χ3v) is 17.8. The van der Waals surface area contributed by atoms with Crippen LogP contribution in [-0.2, 0) is 71.5 Å². The maximum atomic E-state index is 13.1. The van der Waals surface area contributed by atoms with E-state index in [2.05, 4.69) is 20.8 Å². The molecule has 0 aromatic heterocycles. The topological polar surface area (TPSA) is 240 Å². The van der Waals surface area contributed by atoms with Crippen molar-refractivity contribution in [3.05, 3.63) is 0 Å². The molecule has 0 radical (unpaired) electrons. The van der Waals surface area contributed by atoms with Gasteiger partial charge in [-0.05, 0) is 156 Å². The van der Waals surface area contributed by atoms with Gasteiger partial charge in [0, 0.05) is 52.7 Å². The Bertz CT molecular complexity index is 1840. The second-order valence-electron chi connectivity index (χ2n) is 23.2. The minimum absolute atomic E-state index is 0.0576. The van der Waals surface area contributed by atoms with Crippen molar-refractivity contribution in [3.63, 3.8) is 0 Å². The number of methoxy groups -OCH3 is 1. The molecule has 4 fully saturated rings. The summed E-state index contributed by atoms with van der Waals surface area (Å²) in [4.78, 5) is 89.9. The summed E-state index contributed by atoms with van der Waals surface area (Å²) in [7, 11) is 3.35. The van der Waals surface area contributed by atoms with E-state index in [1.54, 1.807) is 0 Å². The molecule has 4 rings (SSSR count). The second-order valence-corrected chi connectivity index (χ2v) is 23.2. The van der Waals surface area contributed by atoms with Crippen LogP contribution in [0.4, 0.5) is 0 Å². The molecule has 4 saturated carbocycles. The number of hydrogen-bond donors (Lipinski definition) is 2. The van der Waals surface area contributed by atoms with Crippen molar-refractivity contribution in [2.45, 2.75) is 188 Å². The summed E-state index contributed by atoms with van der Waals surface area (Å²) in [6.07, 6.45) is 13.2. The van der Waals surface area contributed by atoms with Crippen molar-refractivity contribution in [1.29, 1.82) is 0 Å². The number of rotatable bonds is 39. The monoisotopic (exact) mass is 1110 g/mol. The smallest absolute Gasteiger partial charge is 0.307 e. The van der Waals surface area contributed by atoms with Gasteiger partial charge in [0.05, 0.1) is 90.6 Å². The molecule has 19 nitrogen and oxygen atoms in total. The third kappa shape index (κ3) is 22.6. The fourth-order valence-corrected chi connectivity index (χ4v) is 13.2. The largest absolute Gasteiger partial charge is 0.466 e. The van der Waals surface area contributed by atoms with Gasteiger partial charge in [-0.1, -0.05) is 27.7 Å². The predicted molar refractivity (Wildman–Crippen MR) is 289 cm³/mol. The molecule has 448 valence electrons. The summed E-state index contributed by atoms with van der Waals surface area (Å²) in [5.74, 6) is 0.123.